The summed E-state index contributed by atoms with van der Waals surface area (Å²) < 4.78 is 11.1. The largest absolute Gasteiger partial charge is 0.497 e. The van der Waals surface area contributed by atoms with E-state index >= 15 is 0 Å². The molecule has 0 N–H and O–H groups in total. The molecular formula is C20H28BrNO3. The monoisotopic (exact) mass is 409 g/mol. The zero-order valence-corrected chi connectivity index (χ0v) is 17.1. The number of hydrogen-bond acceptors (Lipinski definition) is 4. The van der Waals surface area contributed by atoms with Crippen LogP contribution in [0, 0.1) is 0 Å². The highest BCUT2D eigenvalue weighted by Gasteiger charge is 2.39. The van der Waals surface area contributed by atoms with Gasteiger partial charge in [0.1, 0.15) is 11.9 Å². The number of rotatable bonds is 7. The van der Waals surface area contributed by atoms with Crippen molar-refractivity contribution in [2.45, 2.75) is 44.6 Å². The number of alkyl halides is 1. The summed E-state index contributed by atoms with van der Waals surface area (Å²) in [6, 6.07) is 8.27. The third-order valence-electron chi connectivity index (χ3n) is 5.02. The zero-order valence-electron chi connectivity index (χ0n) is 15.5. The molecule has 0 aromatic heterocycles. The molecule has 2 atom stereocenters. The van der Waals surface area contributed by atoms with Crippen molar-refractivity contribution in [1.82, 2.24) is 4.90 Å². The molecule has 25 heavy (non-hydrogen) atoms. The second kappa shape index (κ2) is 8.75. The highest BCUT2D eigenvalue weighted by atomic mass is 79.9. The molecule has 1 aromatic rings. The minimum absolute atomic E-state index is 0.116. The Balaban J connectivity index is 2.45. The van der Waals surface area contributed by atoms with Crippen molar-refractivity contribution in [3.63, 3.8) is 0 Å². The fraction of sp³-hybridized carbons (Fsp3) is 0.550. The Kier molecular flexibility index (Phi) is 6.94. The highest BCUT2D eigenvalue weighted by Crippen LogP contribution is 2.44. The van der Waals surface area contributed by atoms with E-state index in [4.69, 9.17) is 9.47 Å². The van der Waals surface area contributed by atoms with Crippen molar-refractivity contribution in [2.24, 2.45) is 0 Å². The number of allylic oxidation sites excluding steroid dienone is 1. The molecule has 2 rings (SSSR count). The van der Waals surface area contributed by atoms with Crippen LogP contribution >= 0.6 is 15.9 Å². The van der Waals surface area contributed by atoms with E-state index < -0.39 is 0 Å². The molecule has 4 nitrogen and oxygen atoms in total. The number of halogens is 1. The van der Waals surface area contributed by atoms with Gasteiger partial charge in [0.2, 0.25) is 0 Å². The van der Waals surface area contributed by atoms with Gasteiger partial charge in [-0.3, -0.25) is 4.79 Å². The summed E-state index contributed by atoms with van der Waals surface area (Å²) in [6.07, 6.45) is 4.66. The van der Waals surface area contributed by atoms with E-state index in [1.807, 2.05) is 12.1 Å². The minimum Gasteiger partial charge on any atom is -0.497 e. The Morgan fingerprint density at radius 3 is 2.80 bits per heavy atom. The third-order valence-corrected chi connectivity index (χ3v) is 5.48. The van der Waals surface area contributed by atoms with Crippen LogP contribution in [0.1, 0.15) is 38.7 Å². The maximum Gasteiger partial charge on any atom is 0.302 e. The summed E-state index contributed by atoms with van der Waals surface area (Å²) in [5, 5.41) is 0.807. The van der Waals surface area contributed by atoms with Gasteiger partial charge in [0.15, 0.2) is 0 Å². The zero-order chi connectivity index (χ0) is 18.4. The van der Waals surface area contributed by atoms with Crippen molar-refractivity contribution in [1.29, 1.82) is 0 Å². The predicted molar refractivity (Wildman–Crippen MR) is 104 cm³/mol. The number of carbonyl (C=O) groups excluding carboxylic acids is 1. The molecule has 138 valence electrons. The molecule has 0 fully saturated rings. The number of esters is 1. The van der Waals surface area contributed by atoms with Crippen molar-refractivity contribution in [3.05, 3.63) is 41.6 Å². The summed E-state index contributed by atoms with van der Waals surface area (Å²) in [5.41, 5.74) is 2.37. The van der Waals surface area contributed by atoms with Gasteiger partial charge in [0.05, 0.1) is 7.11 Å². The average molecular weight is 410 g/mol. The Morgan fingerprint density at radius 2 is 2.20 bits per heavy atom. The molecule has 1 aromatic carbocycles. The Morgan fingerprint density at radius 1 is 1.44 bits per heavy atom. The quantitative estimate of drug-likeness (QED) is 0.497. The number of nitrogens with zero attached hydrogens (tertiary/aromatic N) is 1. The first kappa shape index (κ1) is 19.8. The van der Waals surface area contributed by atoms with Crippen molar-refractivity contribution in [3.8, 4) is 5.75 Å². The Labute approximate surface area is 159 Å². The van der Waals surface area contributed by atoms with Gasteiger partial charge >= 0.3 is 5.97 Å². The van der Waals surface area contributed by atoms with E-state index in [2.05, 4.69) is 53.1 Å². The smallest absolute Gasteiger partial charge is 0.302 e. The molecular weight excluding hydrogens is 382 g/mol. The van der Waals surface area contributed by atoms with E-state index in [0.29, 0.717) is 0 Å². The first-order valence-corrected chi connectivity index (χ1v) is 9.80. The summed E-state index contributed by atoms with van der Waals surface area (Å²) in [5.74, 6) is 0.634. The lowest BCUT2D eigenvalue weighted by molar-refractivity contribution is -0.147. The van der Waals surface area contributed by atoms with Crippen LogP contribution in [0.2, 0.25) is 0 Å². The Bertz CT molecular complexity index is 631. The van der Waals surface area contributed by atoms with Crippen LogP contribution in [-0.2, 0) is 14.9 Å². The summed E-state index contributed by atoms with van der Waals surface area (Å²) in [4.78, 5) is 13.8. The SMILES string of the molecule is COc1cccc(C2(CC(CCBr)OC(C)=O)CCN(C)C=C2C)c1. The van der Waals surface area contributed by atoms with Gasteiger partial charge in [0.25, 0.3) is 0 Å². The van der Waals surface area contributed by atoms with Crippen molar-refractivity contribution < 1.29 is 14.3 Å². The third kappa shape index (κ3) is 4.78. The van der Waals surface area contributed by atoms with E-state index in [9.17, 15) is 4.79 Å². The molecule has 0 amide bonds. The summed E-state index contributed by atoms with van der Waals surface area (Å²) >= 11 is 3.49. The van der Waals surface area contributed by atoms with Gasteiger partial charge in [-0.15, -0.1) is 0 Å². The lowest BCUT2D eigenvalue weighted by Crippen LogP contribution is -2.40. The van der Waals surface area contributed by atoms with Crippen molar-refractivity contribution in [2.75, 3.05) is 26.0 Å². The van der Waals surface area contributed by atoms with E-state index in [1.165, 1.54) is 18.1 Å². The second-order valence-corrected chi connectivity index (χ2v) is 7.56. The van der Waals surface area contributed by atoms with E-state index in [1.54, 1.807) is 7.11 Å². The molecule has 2 unspecified atom stereocenters. The molecule has 1 aliphatic heterocycles. The molecule has 0 saturated heterocycles. The molecule has 5 heteroatoms. The minimum atomic E-state index is -0.221. The van der Waals surface area contributed by atoms with Crippen LogP contribution in [0.25, 0.3) is 0 Å². The number of ether oxygens (including phenoxy) is 2. The lowest BCUT2D eigenvalue weighted by atomic mass is 9.67. The first-order chi connectivity index (χ1) is 11.9. The van der Waals surface area contributed by atoms with E-state index in [-0.39, 0.29) is 17.5 Å². The second-order valence-electron chi connectivity index (χ2n) is 6.77. The van der Waals surface area contributed by atoms with Crippen LogP contribution in [-0.4, -0.2) is 43.0 Å². The molecule has 0 bridgehead atoms. The molecule has 0 saturated carbocycles. The van der Waals surface area contributed by atoms with Crippen molar-refractivity contribution >= 4 is 21.9 Å². The summed E-state index contributed by atoms with van der Waals surface area (Å²) in [6.45, 7) is 4.63. The standard InChI is InChI=1S/C20H28BrNO3/c1-15-14-22(3)11-9-20(15,13-19(8-10-21)25-16(2)23)17-6-5-7-18(12-17)24-4/h5-7,12,14,19H,8-11,13H2,1-4H3. The van der Waals surface area contributed by atoms with Crippen LogP contribution < -0.4 is 4.74 Å². The number of methoxy groups -OCH3 is 1. The molecule has 0 aliphatic carbocycles. The number of hydrogen-bond donors (Lipinski definition) is 0. The van der Waals surface area contributed by atoms with Crippen LogP contribution in [0.5, 0.6) is 5.75 Å². The normalized spacial score (nSPS) is 21.5. The van der Waals surface area contributed by atoms with Gasteiger partial charge in [-0.05, 0) is 55.7 Å². The maximum absolute atomic E-state index is 11.6. The molecule has 1 aliphatic rings. The highest BCUT2D eigenvalue weighted by molar-refractivity contribution is 9.09. The molecule has 1 heterocycles. The fourth-order valence-electron chi connectivity index (χ4n) is 3.70. The van der Waals surface area contributed by atoms with Gasteiger partial charge in [0, 0.05) is 31.3 Å². The first-order valence-electron chi connectivity index (χ1n) is 8.68. The number of benzene rings is 1. The van der Waals surface area contributed by atoms with Crippen LogP contribution in [0.3, 0.4) is 0 Å². The van der Waals surface area contributed by atoms with Gasteiger partial charge in [-0.2, -0.15) is 0 Å². The average Bonchev–Trinajstić information content (AvgIpc) is 2.57. The fourth-order valence-corrected chi connectivity index (χ4v) is 4.22. The van der Waals surface area contributed by atoms with Gasteiger partial charge < -0.3 is 14.4 Å². The van der Waals surface area contributed by atoms with Gasteiger partial charge in [-0.25, -0.2) is 0 Å². The van der Waals surface area contributed by atoms with Crippen LogP contribution in [0.15, 0.2) is 36.0 Å². The number of carbonyl (C=O) groups is 1. The lowest BCUT2D eigenvalue weighted by Gasteiger charge is -2.43. The van der Waals surface area contributed by atoms with Gasteiger partial charge in [-0.1, -0.05) is 28.1 Å². The molecule has 0 radical (unpaired) electrons. The van der Waals surface area contributed by atoms with E-state index in [0.717, 1.165) is 36.9 Å². The predicted octanol–water partition coefficient (Wildman–Crippen LogP) is 4.28. The topological polar surface area (TPSA) is 38.8 Å². The Hall–Kier alpha value is -1.49. The molecule has 0 spiro atoms. The van der Waals surface area contributed by atoms with Crippen LogP contribution in [0.4, 0.5) is 0 Å². The maximum atomic E-state index is 11.6. The summed E-state index contributed by atoms with van der Waals surface area (Å²) in [7, 11) is 3.79.